The van der Waals surface area contributed by atoms with Gasteiger partial charge in [-0.05, 0) is 25.0 Å². The van der Waals surface area contributed by atoms with Crippen LogP contribution in [0.25, 0.3) is 0 Å². The molecule has 1 saturated heterocycles. The fraction of sp³-hybridized carbons (Fsp3) is 0.471. The van der Waals surface area contributed by atoms with E-state index in [0.29, 0.717) is 18.1 Å². The summed E-state index contributed by atoms with van der Waals surface area (Å²) in [6, 6.07) is 4.07. The van der Waals surface area contributed by atoms with Gasteiger partial charge in [-0.3, -0.25) is 14.9 Å². The number of nitro benzene ring substituents is 1. The van der Waals surface area contributed by atoms with Crippen molar-refractivity contribution in [2.24, 2.45) is 0 Å². The molecule has 0 unspecified atom stereocenters. The number of carbonyl (C=O) groups excluding carboxylic acids is 1. The highest BCUT2D eigenvalue weighted by molar-refractivity contribution is 6.31. The maximum Gasteiger partial charge on any atom is 0.282 e. The van der Waals surface area contributed by atoms with Crippen LogP contribution in [0.15, 0.2) is 18.2 Å². The molecule has 150 valence electrons. The number of nitrogens with one attached hydrogen (secondary N) is 1. The van der Waals surface area contributed by atoms with Gasteiger partial charge in [-0.25, -0.2) is 0 Å². The van der Waals surface area contributed by atoms with Gasteiger partial charge in [0, 0.05) is 43.2 Å². The minimum atomic E-state index is -0.549. The number of nitrogens with zero attached hydrogens (tertiary/aromatic N) is 5. The molecule has 0 spiro atoms. The molecule has 1 amide bonds. The Balaban J connectivity index is 0.00000225. The van der Waals surface area contributed by atoms with E-state index in [1.54, 1.807) is 4.90 Å². The lowest BCUT2D eigenvalue weighted by Gasteiger charge is -2.32. The summed E-state index contributed by atoms with van der Waals surface area (Å²) in [7, 11) is 0. The predicted molar refractivity (Wildman–Crippen MR) is 105 cm³/mol. The third kappa shape index (κ3) is 3.82. The molecule has 9 nitrogen and oxygen atoms in total. The first-order valence-corrected chi connectivity index (χ1v) is 9.28. The number of piperidine rings is 1. The molecule has 1 aromatic carbocycles. The van der Waals surface area contributed by atoms with Gasteiger partial charge in [0.1, 0.15) is 17.2 Å². The molecular weight excluding hydrogens is 407 g/mol. The molecule has 4 rings (SSSR count). The van der Waals surface area contributed by atoms with Crippen molar-refractivity contribution >= 4 is 35.6 Å². The van der Waals surface area contributed by atoms with Crippen LogP contribution in [0.1, 0.15) is 40.8 Å². The van der Waals surface area contributed by atoms with Crippen molar-refractivity contribution in [1.82, 2.24) is 25.0 Å². The van der Waals surface area contributed by atoms with Crippen molar-refractivity contribution in [3.8, 4) is 0 Å². The summed E-state index contributed by atoms with van der Waals surface area (Å²) in [5, 5.41) is 23.4. The van der Waals surface area contributed by atoms with E-state index >= 15 is 0 Å². The first-order chi connectivity index (χ1) is 13.0. The summed E-state index contributed by atoms with van der Waals surface area (Å²) in [5.41, 5.74) is -0.178. The van der Waals surface area contributed by atoms with Gasteiger partial charge in [-0.2, -0.15) is 0 Å². The summed E-state index contributed by atoms with van der Waals surface area (Å²) in [6.07, 6.45) is 1.51. The van der Waals surface area contributed by atoms with Gasteiger partial charge >= 0.3 is 0 Å². The number of hydrogen-bond acceptors (Lipinski definition) is 6. The van der Waals surface area contributed by atoms with E-state index in [1.807, 2.05) is 0 Å². The van der Waals surface area contributed by atoms with Crippen LogP contribution < -0.4 is 5.32 Å². The molecule has 0 atom stereocenters. The number of aromatic nitrogens is 3. The second-order valence-corrected chi connectivity index (χ2v) is 7.22. The molecule has 0 radical (unpaired) electrons. The van der Waals surface area contributed by atoms with Gasteiger partial charge in [-0.15, -0.1) is 22.6 Å². The molecule has 2 aromatic rings. The zero-order chi connectivity index (χ0) is 19.0. The summed E-state index contributed by atoms with van der Waals surface area (Å²) in [5.74, 6) is 1.81. The van der Waals surface area contributed by atoms with Gasteiger partial charge < -0.3 is 14.8 Å². The quantitative estimate of drug-likeness (QED) is 0.596. The number of nitro groups is 1. The highest BCUT2D eigenvalue weighted by Crippen LogP contribution is 2.30. The van der Waals surface area contributed by atoms with Crippen LogP contribution in [0.5, 0.6) is 0 Å². The van der Waals surface area contributed by atoms with E-state index in [0.717, 1.165) is 44.1 Å². The number of halogens is 2. The van der Waals surface area contributed by atoms with E-state index in [1.165, 1.54) is 18.2 Å². The topological polar surface area (TPSA) is 106 Å². The molecule has 1 aromatic heterocycles. The van der Waals surface area contributed by atoms with E-state index in [4.69, 9.17) is 11.6 Å². The Kier molecular flexibility index (Phi) is 6.17. The molecule has 28 heavy (non-hydrogen) atoms. The number of rotatable bonds is 3. The fourth-order valence-corrected chi connectivity index (χ4v) is 3.94. The van der Waals surface area contributed by atoms with Crippen LogP contribution in [-0.4, -0.2) is 50.1 Å². The van der Waals surface area contributed by atoms with Gasteiger partial charge in [0.2, 0.25) is 0 Å². The lowest BCUT2D eigenvalue weighted by Crippen LogP contribution is -2.39. The number of amides is 1. The number of fused-ring (bicyclic) bond motifs is 1. The van der Waals surface area contributed by atoms with Crippen molar-refractivity contribution in [3.05, 3.63) is 50.5 Å². The Morgan fingerprint density at radius 2 is 2.00 bits per heavy atom. The maximum atomic E-state index is 12.8. The van der Waals surface area contributed by atoms with Crippen LogP contribution in [0.3, 0.4) is 0 Å². The van der Waals surface area contributed by atoms with E-state index in [2.05, 4.69) is 20.1 Å². The molecule has 3 heterocycles. The molecule has 0 aliphatic carbocycles. The van der Waals surface area contributed by atoms with Crippen molar-refractivity contribution in [2.45, 2.75) is 31.8 Å². The lowest BCUT2D eigenvalue weighted by atomic mass is 9.95. The number of hydrogen-bond donors (Lipinski definition) is 1. The van der Waals surface area contributed by atoms with Crippen LogP contribution in [-0.2, 0) is 13.1 Å². The third-order valence-corrected chi connectivity index (χ3v) is 5.42. The molecule has 0 bridgehead atoms. The lowest BCUT2D eigenvalue weighted by molar-refractivity contribution is -0.385. The molecule has 11 heteroatoms. The second-order valence-electron chi connectivity index (χ2n) is 6.79. The maximum absolute atomic E-state index is 12.8. The Morgan fingerprint density at radius 3 is 2.71 bits per heavy atom. The summed E-state index contributed by atoms with van der Waals surface area (Å²) < 4.78 is 2.17. The molecule has 1 N–H and O–H groups in total. The number of likely N-dealkylation sites (tertiary alicyclic amines) is 1. The second kappa shape index (κ2) is 8.42. The normalized spacial score (nSPS) is 17.0. The van der Waals surface area contributed by atoms with Gasteiger partial charge in [-0.1, -0.05) is 11.6 Å². The Bertz CT molecular complexity index is 895. The van der Waals surface area contributed by atoms with Crippen LogP contribution in [0.2, 0.25) is 5.02 Å². The van der Waals surface area contributed by atoms with Gasteiger partial charge in [0.05, 0.1) is 11.5 Å². The van der Waals surface area contributed by atoms with E-state index in [9.17, 15) is 14.9 Å². The van der Waals surface area contributed by atoms with Gasteiger partial charge in [0.25, 0.3) is 11.6 Å². The Labute approximate surface area is 172 Å². The van der Waals surface area contributed by atoms with Crippen molar-refractivity contribution < 1.29 is 9.72 Å². The van der Waals surface area contributed by atoms with E-state index in [-0.39, 0.29) is 35.5 Å². The number of carbonyl (C=O) groups is 1. The monoisotopic (exact) mass is 426 g/mol. The zero-order valence-electron chi connectivity index (χ0n) is 15.0. The average Bonchev–Trinajstić information content (AvgIpc) is 3.11. The first kappa shape index (κ1) is 20.5. The van der Waals surface area contributed by atoms with Gasteiger partial charge in [0.15, 0.2) is 0 Å². The average molecular weight is 427 g/mol. The first-order valence-electron chi connectivity index (χ1n) is 8.90. The highest BCUT2D eigenvalue weighted by Gasteiger charge is 2.31. The van der Waals surface area contributed by atoms with E-state index < -0.39 is 4.92 Å². The highest BCUT2D eigenvalue weighted by atomic mass is 35.5. The molecule has 1 fully saturated rings. The molecule has 2 aliphatic heterocycles. The summed E-state index contributed by atoms with van der Waals surface area (Å²) in [6.45, 7) is 3.52. The van der Waals surface area contributed by atoms with Crippen LogP contribution in [0.4, 0.5) is 5.69 Å². The summed E-state index contributed by atoms with van der Waals surface area (Å²) in [4.78, 5) is 25.2. The van der Waals surface area contributed by atoms with Crippen molar-refractivity contribution in [1.29, 1.82) is 0 Å². The Morgan fingerprint density at radius 1 is 1.25 bits per heavy atom. The molecule has 2 aliphatic rings. The van der Waals surface area contributed by atoms with Crippen molar-refractivity contribution in [3.63, 3.8) is 0 Å². The van der Waals surface area contributed by atoms with Crippen molar-refractivity contribution in [2.75, 3.05) is 19.6 Å². The Hall–Kier alpha value is -2.23. The fourth-order valence-electron chi connectivity index (χ4n) is 3.77. The minimum absolute atomic E-state index is 0. The summed E-state index contributed by atoms with van der Waals surface area (Å²) >= 11 is 5.95. The molecule has 0 saturated carbocycles. The minimum Gasteiger partial charge on any atom is -0.338 e. The largest absolute Gasteiger partial charge is 0.338 e. The zero-order valence-corrected chi connectivity index (χ0v) is 16.6. The van der Waals surface area contributed by atoms with Crippen LogP contribution in [0, 0.1) is 10.1 Å². The third-order valence-electron chi connectivity index (χ3n) is 5.18. The van der Waals surface area contributed by atoms with Crippen LogP contribution >= 0.6 is 24.0 Å². The SMILES string of the molecule is Cl.O=C(c1cc(Cl)ccc1[N+](=O)[O-])N1CCC(c2nnc3n2CCNC3)CC1. The number of benzene rings is 1. The predicted octanol–water partition coefficient (Wildman–Crippen LogP) is 2.38. The smallest absolute Gasteiger partial charge is 0.282 e. The standard InChI is InChI=1S/C17H19ClN6O3.ClH/c18-12-1-2-14(24(26)27)13(9-12)17(25)22-6-3-11(4-7-22)16-21-20-15-10-19-5-8-23(15)16;/h1-2,9,11,19H,3-8,10H2;1H. The molecular formula is C17H20Cl2N6O3.